The molecule has 0 aliphatic heterocycles. The minimum Gasteiger partial charge on any atom is -0.481 e. The van der Waals surface area contributed by atoms with Crippen molar-refractivity contribution in [3.63, 3.8) is 0 Å². The molecule has 0 spiro atoms. The Kier molecular flexibility index (Phi) is 4.04. The van der Waals surface area contributed by atoms with Crippen LogP contribution in [0, 0.1) is 6.92 Å². The van der Waals surface area contributed by atoms with E-state index in [1.54, 1.807) is 20.2 Å². The number of anilines is 1. The molecule has 88 valence electrons. The van der Waals surface area contributed by atoms with Gasteiger partial charge in [0.2, 0.25) is 17.7 Å². The number of hydrogen-bond donors (Lipinski definition) is 1. The molecule has 1 aromatic rings. The summed E-state index contributed by atoms with van der Waals surface area (Å²) in [5.74, 6) is 0.837. The maximum absolute atomic E-state index is 11.3. The fraction of sp³-hybridized carbons (Fsp3) is 0.500. The lowest BCUT2D eigenvalue weighted by Crippen LogP contribution is -2.29. The average molecular weight is 224 g/mol. The number of hydrogen-bond acceptors (Lipinski definition) is 5. The summed E-state index contributed by atoms with van der Waals surface area (Å²) in [4.78, 5) is 21.0. The first-order chi connectivity index (χ1) is 7.52. The lowest BCUT2D eigenvalue weighted by Gasteiger charge is -2.11. The van der Waals surface area contributed by atoms with E-state index in [0.29, 0.717) is 11.8 Å². The number of rotatable bonds is 4. The first kappa shape index (κ1) is 12.2. The fourth-order valence-corrected chi connectivity index (χ4v) is 1.04. The molecular weight excluding hydrogens is 208 g/mol. The molecule has 0 unspecified atom stereocenters. The van der Waals surface area contributed by atoms with E-state index >= 15 is 0 Å². The van der Waals surface area contributed by atoms with Crippen LogP contribution in [0.15, 0.2) is 6.07 Å². The first-order valence-corrected chi connectivity index (χ1v) is 4.86. The van der Waals surface area contributed by atoms with E-state index in [-0.39, 0.29) is 12.5 Å². The molecule has 1 heterocycles. The normalized spacial score (nSPS) is 9.75. The number of carbonyl (C=O) groups is 1. The molecule has 0 aromatic carbocycles. The number of carbonyl (C=O) groups excluding carboxylic acids is 1. The minimum absolute atomic E-state index is 0.0379. The standard InChI is InChI=1S/C10H16N4O2/c1-7-5-8(16-4)13-10(12-7)11-6-9(15)14(2)3/h5H,6H2,1-4H3,(H,11,12,13). The van der Waals surface area contributed by atoms with Gasteiger partial charge in [-0.05, 0) is 6.92 Å². The van der Waals surface area contributed by atoms with E-state index in [9.17, 15) is 4.79 Å². The minimum atomic E-state index is -0.0379. The zero-order valence-electron chi connectivity index (χ0n) is 9.94. The monoisotopic (exact) mass is 224 g/mol. The number of amides is 1. The second-order valence-electron chi connectivity index (χ2n) is 3.52. The number of likely N-dealkylation sites (N-methyl/N-ethyl adjacent to an activating group) is 1. The van der Waals surface area contributed by atoms with Gasteiger partial charge in [-0.25, -0.2) is 4.98 Å². The number of nitrogens with one attached hydrogen (secondary N) is 1. The van der Waals surface area contributed by atoms with Crippen LogP contribution >= 0.6 is 0 Å². The lowest BCUT2D eigenvalue weighted by atomic mass is 10.4. The van der Waals surface area contributed by atoms with Crippen molar-refractivity contribution in [2.75, 3.05) is 33.1 Å². The molecule has 0 aliphatic rings. The highest BCUT2D eigenvalue weighted by Gasteiger charge is 2.06. The van der Waals surface area contributed by atoms with E-state index in [0.717, 1.165) is 5.69 Å². The van der Waals surface area contributed by atoms with E-state index in [2.05, 4.69) is 15.3 Å². The summed E-state index contributed by atoms with van der Waals surface area (Å²) >= 11 is 0. The van der Waals surface area contributed by atoms with Crippen LogP contribution in [-0.2, 0) is 4.79 Å². The molecule has 0 bridgehead atoms. The Bertz CT molecular complexity index is 379. The van der Waals surface area contributed by atoms with Gasteiger partial charge >= 0.3 is 0 Å². The van der Waals surface area contributed by atoms with Crippen LogP contribution in [0.2, 0.25) is 0 Å². The quantitative estimate of drug-likeness (QED) is 0.796. The van der Waals surface area contributed by atoms with Crippen LogP contribution < -0.4 is 10.1 Å². The third-order valence-corrected chi connectivity index (χ3v) is 1.94. The van der Waals surface area contributed by atoms with Gasteiger partial charge in [-0.1, -0.05) is 0 Å². The van der Waals surface area contributed by atoms with Gasteiger partial charge in [-0.2, -0.15) is 4.98 Å². The molecule has 0 saturated heterocycles. The van der Waals surface area contributed by atoms with Crippen LogP contribution in [0.1, 0.15) is 5.69 Å². The SMILES string of the molecule is COc1cc(C)nc(NCC(=O)N(C)C)n1. The molecular formula is C10H16N4O2. The van der Waals surface area contributed by atoms with Gasteiger partial charge in [0, 0.05) is 25.9 Å². The Morgan fingerprint density at radius 3 is 2.75 bits per heavy atom. The van der Waals surface area contributed by atoms with Crippen molar-refractivity contribution >= 4 is 11.9 Å². The largest absolute Gasteiger partial charge is 0.481 e. The van der Waals surface area contributed by atoms with Crippen molar-refractivity contribution in [2.24, 2.45) is 0 Å². The Balaban J connectivity index is 2.67. The summed E-state index contributed by atoms with van der Waals surface area (Å²) < 4.78 is 5.00. The van der Waals surface area contributed by atoms with Crippen LogP contribution in [0.5, 0.6) is 5.88 Å². The molecule has 0 aliphatic carbocycles. The fourth-order valence-electron chi connectivity index (χ4n) is 1.04. The molecule has 0 fully saturated rings. The summed E-state index contributed by atoms with van der Waals surface area (Å²) in [5, 5.41) is 2.85. The summed E-state index contributed by atoms with van der Waals surface area (Å²) in [6, 6.07) is 1.72. The Hall–Kier alpha value is -1.85. The Morgan fingerprint density at radius 1 is 1.50 bits per heavy atom. The second kappa shape index (κ2) is 5.29. The molecule has 0 atom stereocenters. The number of ether oxygens (including phenoxy) is 1. The molecule has 1 amide bonds. The predicted molar refractivity (Wildman–Crippen MR) is 60.5 cm³/mol. The maximum atomic E-state index is 11.3. The second-order valence-corrected chi connectivity index (χ2v) is 3.52. The van der Waals surface area contributed by atoms with Crippen LogP contribution in [0.3, 0.4) is 0 Å². The highest BCUT2D eigenvalue weighted by atomic mass is 16.5. The van der Waals surface area contributed by atoms with Gasteiger partial charge in [0.05, 0.1) is 13.7 Å². The molecule has 6 heteroatoms. The molecule has 0 saturated carbocycles. The summed E-state index contributed by atoms with van der Waals surface area (Å²) in [6.07, 6.45) is 0. The Labute approximate surface area is 94.6 Å². The van der Waals surface area contributed by atoms with Crippen molar-refractivity contribution in [3.8, 4) is 5.88 Å². The van der Waals surface area contributed by atoms with Crippen LogP contribution in [0.4, 0.5) is 5.95 Å². The first-order valence-electron chi connectivity index (χ1n) is 4.86. The molecule has 1 aromatic heterocycles. The highest BCUT2D eigenvalue weighted by Crippen LogP contribution is 2.10. The predicted octanol–water partition coefficient (Wildman–Crippen LogP) is 0.294. The molecule has 16 heavy (non-hydrogen) atoms. The molecule has 6 nitrogen and oxygen atoms in total. The van der Waals surface area contributed by atoms with Gasteiger partial charge in [-0.3, -0.25) is 4.79 Å². The summed E-state index contributed by atoms with van der Waals surface area (Å²) in [6.45, 7) is 2.00. The maximum Gasteiger partial charge on any atom is 0.241 e. The molecule has 1 N–H and O–H groups in total. The number of nitrogens with zero attached hydrogens (tertiary/aromatic N) is 3. The highest BCUT2D eigenvalue weighted by molar-refractivity contribution is 5.79. The van der Waals surface area contributed by atoms with Gasteiger partial charge in [0.15, 0.2) is 0 Å². The summed E-state index contributed by atoms with van der Waals surface area (Å²) in [7, 11) is 4.93. The van der Waals surface area contributed by atoms with Crippen molar-refractivity contribution in [1.82, 2.24) is 14.9 Å². The number of aromatic nitrogens is 2. The molecule has 1 rings (SSSR count). The van der Waals surface area contributed by atoms with Crippen LogP contribution in [0.25, 0.3) is 0 Å². The van der Waals surface area contributed by atoms with Crippen LogP contribution in [-0.4, -0.2) is 48.5 Å². The Morgan fingerprint density at radius 2 is 2.19 bits per heavy atom. The zero-order chi connectivity index (χ0) is 12.1. The summed E-state index contributed by atoms with van der Waals surface area (Å²) in [5.41, 5.74) is 0.784. The third kappa shape index (κ3) is 3.38. The molecule has 0 radical (unpaired) electrons. The van der Waals surface area contributed by atoms with Crippen molar-refractivity contribution in [3.05, 3.63) is 11.8 Å². The van der Waals surface area contributed by atoms with Crippen molar-refractivity contribution in [1.29, 1.82) is 0 Å². The number of aryl methyl sites for hydroxylation is 1. The van der Waals surface area contributed by atoms with Gasteiger partial charge in [0.25, 0.3) is 0 Å². The van der Waals surface area contributed by atoms with Crippen molar-refractivity contribution < 1.29 is 9.53 Å². The number of methoxy groups -OCH3 is 1. The van der Waals surface area contributed by atoms with Gasteiger partial charge in [-0.15, -0.1) is 0 Å². The van der Waals surface area contributed by atoms with Crippen molar-refractivity contribution in [2.45, 2.75) is 6.92 Å². The van der Waals surface area contributed by atoms with E-state index in [1.165, 1.54) is 12.0 Å². The van der Waals surface area contributed by atoms with E-state index in [4.69, 9.17) is 4.74 Å². The lowest BCUT2D eigenvalue weighted by molar-refractivity contribution is -0.126. The van der Waals surface area contributed by atoms with Gasteiger partial charge < -0.3 is 15.0 Å². The van der Waals surface area contributed by atoms with E-state index in [1.807, 2.05) is 6.92 Å². The average Bonchev–Trinajstić information content (AvgIpc) is 2.24. The smallest absolute Gasteiger partial charge is 0.241 e. The third-order valence-electron chi connectivity index (χ3n) is 1.94. The zero-order valence-corrected chi connectivity index (χ0v) is 9.94. The topological polar surface area (TPSA) is 67.3 Å². The van der Waals surface area contributed by atoms with E-state index < -0.39 is 0 Å². The van der Waals surface area contributed by atoms with Gasteiger partial charge in [0.1, 0.15) is 0 Å².